The number of nitrogen functional groups attached to an aromatic ring is 1. The van der Waals surface area contributed by atoms with Gasteiger partial charge in [0, 0.05) is 37.4 Å². The van der Waals surface area contributed by atoms with Crippen LogP contribution in [-0.2, 0) is 11.3 Å². The lowest BCUT2D eigenvalue weighted by atomic mass is 10.1. The van der Waals surface area contributed by atoms with Gasteiger partial charge < -0.3 is 20.5 Å². The predicted octanol–water partition coefficient (Wildman–Crippen LogP) is 2.61. The average molecular weight is 415 g/mol. The van der Waals surface area contributed by atoms with E-state index in [9.17, 15) is 14.0 Å². The third-order valence-electron chi connectivity index (χ3n) is 5.35. The molecule has 1 heterocycles. The summed E-state index contributed by atoms with van der Waals surface area (Å²) in [5.41, 5.74) is 6.74. The zero-order valence-electron chi connectivity index (χ0n) is 17.0. The van der Waals surface area contributed by atoms with Crippen LogP contribution >= 0.6 is 0 Å². The number of nitrogens with two attached hydrogens (primary N) is 1. The fraction of sp³-hybridized carbons (Fsp3) is 0.364. The van der Waals surface area contributed by atoms with Crippen LogP contribution in [0.25, 0.3) is 0 Å². The van der Waals surface area contributed by atoms with E-state index in [1.54, 1.807) is 23.1 Å². The molecule has 0 bridgehead atoms. The molecule has 0 aromatic heterocycles. The van der Waals surface area contributed by atoms with E-state index < -0.39 is 5.97 Å². The van der Waals surface area contributed by atoms with E-state index in [2.05, 4.69) is 11.8 Å². The number of hydrogen-bond acceptors (Lipinski definition) is 5. The number of carboxylic acids is 1. The number of anilines is 1. The second-order valence-electron chi connectivity index (χ2n) is 7.64. The Morgan fingerprint density at radius 2 is 1.83 bits per heavy atom. The van der Waals surface area contributed by atoms with Crippen molar-refractivity contribution in [3.05, 3.63) is 59.4 Å². The molecule has 0 aliphatic carbocycles. The van der Waals surface area contributed by atoms with Crippen molar-refractivity contribution in [1.82, 2.24) is 9.80 Å². The molecule has 0 saturated carbocycles. The molecule has 30 heavy (non-hydrogen) atoms. The number of rotatable bonds is 6. The second kappa shape index (κ2) is 9.13. The number of ether oxygens (including phenoxy) is 1. The quantitative estimate of drug-likeness (QED) is 0.704. The van der Waals surface area contributed by atoms with Crippen LogP contribution in [0.1, 0.15) is 29.8 Å². The summed E-state index contributed by atoms with van der Waals surface area (Å²) in [6.45, 7) is 5.77. The Bertz CT molecular complexity index is 919. The molecule has 0 radical (unpaired) electrons. The number of amides is 1. The lowest BCUT2D eigenvalue weighted by Gasteiger charge is -2.44. The summed E-state index contributed by atoms with van der Waals surface area (Å²) in [4.78, 5) is 27.9. The molecule has 8 heteroatoms. The smallest absolute Gasteiger partial charge is 0.337 e. The molecule has 1 saturated heterocycles. The van der Waals surface area contributed by atoms with Gasteiger partial charge in [0.15, 0.2) is 6.61 Å². The van der Waals surface area contributed by atoms with Gasteiger partial charge in [-0.25, -0.2) is 9.18 Å². The average Bonchev–Trinajstić information content (AvgIpc) is 2.71. The SMILES string of the molecule is CC1CN(C(=O)COc2ccc(N)c(C(=O)O)c2)C(C)CN1Cc1ccc(F)cc1. The van der Waals surface area contributed by atoms with E-state index in [4.69, 9.17) is 15.6 Å². The Morgan fingerprint density at radius 1 is 1.13 bits per heavy atom. The highest BCUT2D eigenvalue weighted by molar-refractivity contribution is 5.94. The Labute approximate surface area is 174 Å². The topological polar surface area (TPSA) is 96.1 Å². The molecule has 2 atom stereocenters. The van der Waals surface area contributed by atoms with Crippen LogP contribution in [0, 0.1) is 5.82 Å². The Kier molecular flexibility index (Phi) is 6.56. The van der Waals surface area contributed by atoms with Crippen molar-refractivity contribution in [2.45, 2.75) is 32.5 Å². The van der Waals surface area contributed by atoms with Crippen LogP contribution in [-0.4, -0.2) is 58.6 Å². The van der Waals surface area contributed by atoms with Crippen LogP contribution in [0.5, 0.6) is 5.75 Å². The van der Waals surface area contributed by atoms with Crippen molar-refractivity contribution in [2.24, 2.45) is 0 Å². The molecule has 160 valence electrons. The summed E-state index contributed by atoms with van der Waals surface area (Å²) in [6, 6.07) is 10.9. The maximum absolute atomic E-state index is 13.1. The van der Waals surface area contributed by atoms with Crippen molar-refractivity contribution in [3.8, 4) is 5.75 Å². The lowest BCUT2D eigenvalue weighted by Crippen LogP contribution is -2.58. The minimum atomic E-state index is -1.15. The van der Waals surface area contributed by atoms with Crippen molar-refractivity contribution < 1.29 is 23.8 Å². The molecular formula is C22H26FN3O4. The molecule has 0 spiro atoms. The fourth-order valence-electron chi connectivity index (χ4n) is 3.63. The number of benzene rings is 2. The van der Waals surface area contributed by atoms with E-state index in [1.165, 1.54) is 24.3 Å². The number of piperazine rings is 1. The Balaban J connectivity index is 1.58. The molecule has 7 nitrogen and oxygen atoms in total. The highest BCUT2D eigenvalue weighted by Crippen LogP contribution is 2.21. The fourth-order valence-corrected chi connectivity index (χ4v) is 3.63. The first kappa shape index (κ1) is 21.6. The van der Waals surface area contributed by atoms with Crippen molar-refractivity contribution in [3.63, 3.8) is 0 Å². The largest absolute Gasteiger partial charge is 0.484 e. The molecule has 2 aromatic carbocycles. The zero-order valence-corrected chi connectivity index (χ0v) is 17.0. The highest BCUT2D eigenvalue weighted by atomic mass is 19.1. The standard InChI is InChI=1S/C22H26FN3O4/c1-14-11-26(15(2)10-25(14)12-16-3-5-17(23)6-4-16)21(27)13-30-18-7-8-20(24)19(9-18)22(28)29/h3-9,14-15H,10-13,24H2,1-2H3,(H,28,29). The normalized spacial score (nSPS) is 19.5. The molecule has 3 rings (SSSR count). The highest BCUT2D eigenvalue weighted by Gasteiger charge is 2.32. The van der Waals surface area contributed by atoms with Gasteiger partial charge in [-0.05, 0) is 49.7 Å². The van der Waals surface area contributed by atoms with Crippen LogP contribution < -0.4 is 10.5 Å². The molecule has 3 N–H and O–H groups in total. The maximum Gasteiger partial charge on any atom is 0.337 e. The molecule has 1 amide bonds. The predicted molar refractivity (Wildman–Crippen MR) is 111 cm³/mol. The van der Waals surface area contributed by atoms with E-state index >= 15 is 0 Å². The Hall–Kier alpha value is -3.13. The van der Waals surface area contributed by atoms with Gasteiger partial charge in [0.25, 0.3) is 5.91 Å². The number of nitrogens with zero attached hydrogens (tertiary/aromatic N) is 2. The van der Waals surface area contributed by atoms with Crippen LogP contribution in [0.2, 0.25) is 0 Å². The third kappa shape index (κ3) is 5.07. The summed E-state index contributed by atoms with van der Waals surface area (Å²) in [5.74, 6) is -1.29. The number of carboxylic acid groups (broad SMARTS) is 1. The van der Waals surface area contributed by atoms with Gasteiger partial charge in [-0.15, -0.1) is 0 Å². The van der Waals surface area contributed by atoms with Crippen LogP contribution in [0.4, 0.5) is 10.1 Å². The minimum Gasteiger partial charge on any atom is -0.484 e. The molecule has 1 aliphatic rings. The zero-order chi connectivity index (χ0) is 21.8. The van der Waals surface area contributed by atoms with E-state index in [1.807, 2.05) is 6.92 Å². The number of hydrogen-bond donors (Lipinski definition) is 2. The summed E-state index contributed by atoms with van der Waals surface area (Å²) in [6.07, 6.45) is 0. The molecule has 2 unspecified atom stereocenters. The van der Waals surface area contributed by atoms with Crippen LogP contribution in [0.3, 0.4) is 0 Å². The van der Waals surface area contributed by atoms with E-state index in [-0.39, 0.29) is 47.4 Å². The van der Waals surface area contributed by atoms with Gasteiger partial charge in [0.1, 0.15) is 11.6 Å². The van der Waals surface area contributed by atoms with Gasteiger partial charge in [-0.2, -0.15) is 0 Å². The minimum absolute atomic E-state index is 0.0150. The third-order valence-corrected chi connectivity index (χ3v) is 5.35. The van der Waals surface area contributed by atoms with E-state index in [0.717, 1.165) is 5.56 Å². The molecule has 2 aromatic rings. The Morgan fingerprint density at radius 3 is 2.50 bits per heavy atom. The first-order chi connectivity index (χ1) is 14.2. The number of carbonyl (C=O) groups excluding carboxylic acids is 1. The number of carbonyl (C=O) groups is 2. The maximum atomic E-state index is 13.1. The van der Waals surface area contributed by atoms with Gasteiger partial charge in [0.05, 0.1) is 5.56 Å². The van der Waals surface area contributed by atoms with Gasteiger partial charge in [-0.3, -0.25) is 9.69 Å². The van der Waals surface area contributed by atoms with Crippen molar-refractivity contribution in [2.75, 3.05) is 25.4 Å². The monoisotopic (exact) mass is 415 g/mol. The molecule has 1 fully saturated rings. The van der Waals surface area contributed by atoms with E-state index in [0.29, 0.717) is 19.6 Å². The van der Waals surface area contributed by atoms with Crippen molar-refractivity contribution in [1.29, 1.82) is 0 Å². The summed E-state index contributed by atoms with van der Waals surface area (Å²) < 4.78 is 18.6. The summed E-state index contributed by atoms with van der Waals surface area (Å²) in [5, 5.41) is 9.15. The first-order valence-electron chi connectivity index (χ1n) is 9.78. The van der Waals surface area contributed by atoms with Gasteiger partial charge in [-0.1, -0.05) is 12.1 Å². The van der Waals surface area contributed by atoms with Gasteiger partial charge in [0.2, 0.25) is 0 Å². The molecule has 1 aliphatic heterocycles. The number of halogens is 1. The first-order valence-corrected chi connectivity index (χ1v) is 9.78. The van der Waals surface area contributed by atoms with Crippen LogP contribution in [0.15, 0.2) is 42.5 Å². The number of aromatic carboxylic acids is 1. The summed E-state index contributed by atoms with van der Waals surface area (Å²) in [7, 11) is 0. The second-order valence-corrected chi connectivity index (χ2v) is 7.64. The van der Waals surface area contributed by atoms with Crippen molar-refractivity contribution >= 4 is 17.6 Å². The van der Waals surface area contributed by atoms with Gasteiger partial charge >= 0.3 is 5.97 Å². The summed E-state index contributed by atoms with van der Waals surface area (Å²) >= 11 is 0. The lowest BCUT2D eigenvalue weighted by molar-refractivity contribution is -0.139. The molecular weight excluding hydrogens is 389 g/mol.